The lowest BCUT2D eigenvalue weighted by molar-refractivity contribution is 0.0956. The Morgan fingerprint density at radius 3 is 2.85 bits per heavy atom. The fourth-order valence-electron chi connectivity index (χ4n) is 3.45. The molecule has 1 amide bonds. The second-order valence-electron chi connectivity index (χ2n) is 7.09. The minimum Gasteiger partial charge on any atom is -0.368 e. The monoisotopic (exact) mass is 389 g/mol. The number of nitrogens with one attached hydrogen (secondary N) is 2. The van der Waals surface area contributed by atoms with Gasteiger partial charge < -0.3 is 26.2 Å². The van der Waals surface area contributed by atoms with Gasteiger partial charge in [-0.3, -0.25) is 4.79 Å². The molecule has 0 unspecified atom stereocenters. The van der Waals surface area contributed by atoms with Crippen molar-refractivity contribution >= 4 is 33.0 Å². The lowest BCUT2D eigenvalue weighted by Crippen LogP contribution is -2.43. The molecule has 1 fully saturated rings. The zero-order valence-corrected chi connectivity index (χ0v) is 17.0. The van der Waals surface area contributed by atoms with Crippen molar-refractivity contribution in [1.29, 1.82) is 0 Å². The molecular weight excluding hydrogens is 358 g/mol. The Morgan fingerprint density at radius 2 is 2.07 bits per heavy atom. The van der Waals surface area contributed by atoms with Crippen LogP contribution in [0, 0.1) is 0 Å². The molecule has 0 aliphatic carbocycles. The SMILES string of the molecule is CN(CCCN)CCCNC(=O)c1cc2c(N3CCNCC3)cccc2s1. The van der Waals surface area contributed by atoms with Crippen molar-refractivity contribution in [1.82, 2.24) is 15.5 Å². The highest BCUT2D eigenvalue weighted by atomic mass is 32.1. The Bertz CT molecular complexity index is 741. The molecule has 148 valence electrons. The van der Waals surface area contributed by atoms with E-state index < -0.39 is 0 Å². The lowest BCUT2D eigenvalue weighted by atomic mass is 10.2. The molecule has 6 nitrogen and oxygen atoms in total. The van der Waals surface area contributed by atoms with Gasteiger partial charge in [0, 0.05) is 48.5 Å². The first-order valence-electron chi connectivity index (χ1n) is 9.84. The first kappa shape index (κ1) is 20.1. The van der Waals surface area contributed by atoms with Gasteiger partial charge in [0.25, 0.3) is 5.91 Å². The number of fused-ring (bicyclic) bond motifs is 1. The van der Waals surface area contributed by atoms with Gasteiger partial charge in [-0.05, 0) is 57.7 Å². The quantitative estimate of drug-likeness (QED) is 0.570. The second-order valence-corrected chi connectivity index (χ2v) is 8.18. The molecule has 0 saturated carbocycles. The molecule has 2 aromatic rings. The summed E-state index contributed by atoms with van der Waals surface area (Å²) in [6.07, 6.45) is 1.96. The van der Waals surface area contributed by atoms with Crippen molar-refractivity contribution < 1.29 is 4.79 Å². The highest BCUT2D eigenvalue weighted by molar-refractivity contribution is 7.20. The summed E-state index contributed by atoms with van der Waals surface area (Å²) in [7, 11) is 2.10. The topological polar surface area (TPSA) is 73.6 Å². The number of amides is 1. The molecule has 1 saturated heterocycles. The van der Waals surface area contributed by atoms with Crippen LogP contribution in [-0.4, -0.2) is 70.2 Å². The van der Waals surface area contributed by atoms with Crippen LogP contribution in [0.5, 0.6) is 0 Å². The summed E-state index contributed by atoms with van der Waals surface area (Å²) in [6, 6.07) is 8.42. The fraction of sp³-hybridized carbons (Fsp3) is 0.550. The highest BCUT2D eigenvalue weighted by Gasteiger charge is 2.16. The van der Waals surface area contributed by atoms with Gasteiger partial charge in [-0.25, -0.2) is 0 Å². The number of benzene rings is 1. The van der Waals surface area contributed by atoms with Crippen LogP contribution in [0.2, 0.25) is 0 Å². The lowest BCUT2D eigenvalue weighted by Gasteiger charge is -2.30. The number of hydrogen-bond donors (Lipinski definition) is 3. The average Bonchev–Trinajstić information content (AvgIpc) is 3.14. The van der Waals surface area contributed by atoms with E-state index in [0.29, 0.717) is 6.54 Å². The Balaban J connectivity index is 1.57. The molecule has 1 aromatic heterocycles. The van der Waals surface area contributed by atoms with Gasteiger partial charge in [0.2, 0.25) is 0 Å². The summed E-state index contributed by atoms with van der Waals surface area (Å²) < 4.78 is 1.18. The molecule has 3 rings (SSSR count). The van der Waals surface area contributed by atoms with Crippen molar-refractivity contribution in [2.45, 2.75) is 12.8 Å². The molecule has 1 aliphatic heterocycles. The largest absolute Gasteiger partial charge is 0.368 e. The van der Waals surface area contributed by atoms with Crippen LogP contribution in [0.4, 0.5) is 5.69 Å². The molecule has 0 bridgehead atoms. The van der Waals surface area contributed by atoms with Gasteiger partial charge in [0.1, 0.15) is 0 Å². The van der Waals surface area contributed by atoms with Crippen LogP contribution in [0.1, 0.15) is 22.5 Å². The van der Waals surface area contributed by atoms with E-state index in [1.54, 1.807) is 11.3 Å². The molecule has 1 aliphatic rings. The fourth-order valence-corrected chi connectivity index (χ4v) is 4.45. The molecule has 2 heterocycles. The number of rotatable bonds is 9. The number of carbonyl (C=O) groups excluding carboxylic acids is 1. The van der Waals surface area contributed by atoms with E-state index in [4.69, 9.17) is 5.73 Å². The van der Waals surface area contributed by atoms with Gasteiger partial charge in [-0.1, -0.05) is 6.07 Å². The van der Waals surface area contributed by atoms with E-state index in [1.165, 1.54) is 15.8 Å². The smallest absolute Gasteiger partial charge is 0.261 e. The predicted octanol–water partition coefficient (Wildman–Crippen LogP) is 1.71. The van der Waals surface area contributed by atoms with Gasteiger partial charge in [0.05, 0.1) is 4.88 Å². The number of carbonyl (C=O) groups is 1. The van der Waals surface area contributed by atoms with Gasteiger partial charge in [-0.2, -0.15) is 0 Å². The maximum absolute atomic E-state index is 12.6. The predicted molar refractivity (Wildman–Crippen MR) is 115 cm³/mol. The third-order valence-corrected chi connectivity index (χ3v) is 6.07. The summed E-state index contributed by atoms with van der Waals surface area (Å²) in [5, 5.41) is 7.65. The number of piperazine rings is 1. The first-order valence-corrected chi connectivity index (χ1v) is 10.7. The van der Waals surface area contributed by atoms with E-state index in [-0.39, 0.29) is 5.91 Å². The van der Waals surface area contributed by atoms with Gasteiger partial charge in [-0.15, -0.1) is 11.3 Å². The van der Waals surface area contributed by atoms with E-state index in [2.05, 4.69) is 51.7 Å². The number of nitrogens with two attached hydrogens (primary N) is 1. The van der Waals surface area contributed by atoms with E-state index in [9.17, 15) is 4.79 Å². The van der Waals surface area contributed by atoms with E-state index in [1.807, 2.05) is 0 Å². The van der Waals surface area contributed by atoms with Crippen molar-refractivity contribution in [2.75, 3.05) is 64.3 Å². The van der Waals surface area contributed by atoms with Crippen LogP contribution < -0.4 is 21.3 Å². The molecular formula is C20H31N5OS. The van der Waals surface area contributed by atoms with Crippen molar-refractivity contribution in [3.8, 4) is 0 Å². The van der Waals surface area contributed by atoms with Crippen LogP contribution >= 0.6 is 11.3 Å². The Kier molecular flexibility index (Phi) is 7.46. The van der Waals surface area contributed by atoms with Crippen LogP contribution in [0.15, 0.2) is 24.3 Å². The summed E-state index contributed by atoms with van der Waals surface area (Å²) in [4.78, 5) is 18.0. The first-order chi connectivity index (χ1) is 13.2. The third-order valence-electron chi connectivity index (χ3n) is 4.97. The summed E-state index contributed by atoms with van der Waals surface area (Å²) in [5.74, 6) is 0.0343. The van der Waals surface area contributed by atoms with Crippen molar-refractivity contribution in [2.24, 2.45) is 5.73 Å². The third kappa shape index (κ3) is 5.42. The Morgan fingerprint density at radius 1 is 1.30 bits per heavy atom. The minimum atomic E-state index is 0.0343. The highest BCUT2D eigenvalue weighted by Crippen LogP contribution is 2.33. The molecule has 0 radical (unpaired) electrons. The molecule has 1 aromatic carbocycles. The number of thiophene rings is 1. The van der Waals surface area contributed by atoms with Crippen LogP contribution in [0.25, 0.3) is 10.1 Å². The second kappa shape index (κ2) is 10.0. The average molecular weight is 390 g/mol. The normalized spacial score (nSPS) is 14.9. The van der Waals surface area contributed by atoms with Gasteiger partial charge in [0.15, 0.2) is 0 Å². The number of nitrogens with zero attached hydrogens (tertiary/aromatic N) is 2. The molecule has 0 spiro atoms. The van der Waals surface area contributed by atoms with Crippen molar-refractivity contribution in [3.05, 3.63) is 29.1 Å². The summed E-state index contributed by atoms with van der Waals surface area (Å²) >= 11 is 1.58. The molecule has 7 heteroatoms. The minimum absolute atomic E-state index is 0.0343. The summed E-state index contributed by atoms with van der Waals surface area (Å²) in [5.41, 5.74) is 6.78. The Hall–Kier alpha value is -1.67. The van der Waals surface area contributed by atoms with Crippen molar-refractivity contribution in [3.63, 3.8) is 0 Å². The van der Waals surface area contributed by atoms with E-state index >= 15 is 0 Å². The zero-order chi connectivity index (χ0) is 19.1. The number of anilines is 1. The van der Waals surface area contributed by atoms with Crippen LogP contribution in [0.3, 0.4) is 0 Å². The van der Waals surface area contributed by atoms with Gasteiger partial charge >= 0.3 is 0 Å². The Labute approximate surface area is 165 Å². The maximum atomic E-state index is 12.6. The van der Waals surface area contributed by atoms with E-state index in [0.717, 1.165) is 63.5 Å². The molecule has 0 atom stereocenters. The summed E-state index contributed by atoms with van der Waals surface area (Å²) in [6.45, 7) is 7.44. The maximum Gasteiger partial charge on any atom is 0.261 e. The molecule has 27 heavy (non-hydrogen) atoms. The standard InChI is InChI=1S/C20H31N5OS/c1-24(11-3-7-21)12-4-8-23-20(26)19-15-16-17(5-2-6-18(16)27-19)25-13-9-22-10-14-25/h2,5-6,15,22H,3-4,7-14,21H2,1H3,(H,23,26). The molecule has 4 N–H and O–H groups in total. The zero-order valence-electron chi connectivity index (χ0n) is 16.2. The number of hydrogen-bond acceptors (Lipinski definition) is 6. The van der Waals surface area contributed by atoms with Crippen LogP contribution in [-0.2, 0) is 0 Å².